The minimum atomic E-state index is 0.837. The first-order valence-corrected chi connectivity index (χ1v) is 3.92. The highest BCUT2D eigenvalue weighted by molar-refractivity contribution is 5.87. The predicted molar refractivity (Wildman–Crippen MR) is 49.5 cm³/mol. The van der Waals surface area contributed by atoms with Crippen LogP contribution in [0.25, 0.3) is 10.9 Å². The van der Waals surface area contributed by atoms with Crippen LogP contribution in [0.4, 0.5) is 5.69 Å². The molecule has 1 aromatic heterocycles. The molecule has 0 unspecified atom stereocenters. The van der Waals surface area contributed by atoms with Crippen molar-refractivity contribution >= 4 is 16.6 Å². The molecule has 0 bridgehead atoms. The quantitative estimate of drug-likeness (QED) is 0.576. The molecule has 0 aliphatic carbocycles. The van der Waals surface area contributed by atoms with Crippen molar-refractivity contribution in [2.45, 2.75) is 0 Å². The highest BCUT2D eigenvalue weighted by Crippen LogP contribution is 2.15. The summed E-state index contributed by atoms with van der Waals surface area (Å²) in [5.74, 6) is 0. The number of aromatic nitrogens is 1. The van der Waals surface area contributed by atoms with Crippen molar-refractivity contribution < 1.29 is 4.57 Å². The van der Waals surface area contributed by atoms with Crippen molar-refractivity contribution in [3.8, 4) is 0 Å². The fourth-order valence-corrected chi connectivity index (χ4v) is 1.39. The molecule has 0 saturated heterocycles. The number of rotatable bonds is 0. The van der Waals surface area contributed by atoms with E-state index in [0.29, 0.717) is 0 Å². The Kier molecular flexibility index (Phi) is 1.47. The number of hydrogen-bond donors (Lipinski definition) is 1. The summed E-state index contributed by atoms with van der Waals surface area (Å²) in [6.45, 7) is 0. The zero-order valence-corrected chi connectivity index (χ0v) is 6.99. The fraction of sp³-hybridized carbons (Fsp3) is 0.100. The largest absolute Gasteiger partial charge is 0.398 e. The molecule has 2 aromatic rings. The van der Waals surface area contributed by atoms with Crippen LogP contribution < -0.4 is 10.3 Å². The minimum absolute atomic E-state index is 0.837. The number of aryl methyl sites for hydroxylation is 1. The Hall–Kier alpha value is -1.57. The number of para-hydroxylation sites is 1. The molecular weight excluding hydrogens is 148 g/mol. The average molecular weight is 159 g/mol. The summed E-state index contributed by atoms with van der Waals surface area (Å²) in [6.07, 6.45) is 1.97. The molecule has 2 heteroatoms. The van der Waals surface area contributed by atoms with Gasteiger partial charge in [-0.15, -0.1) is 0 Å². The topological polar surface area (TPSA) is 29.9 Å². The Morgan fingerprint density at radius 1 is 1.17 bits per heavy atom. The van der Waals surface area contributed by atoms with Crippen LogP contribution in [0, 0.1) is 0 Å². The Morgan fingerprint density at radius 2 is 1.92 bits per heavy atom. The lowest BCUT2D eigenvalue weighted by molar-refractivity contribution is -0.644. The van der Waals surface area contributed by atoms with Crippen LogP contribution in [-0.4, -0.2) is 0 Å². The summed E-state index contributed by atoms with van der Waals surface area (Å²) in [5, 5.41) is 1.11. The molecule has 0 aliphatic heterocycles. The van der Waals surface area contributed by atoms with Crippen LogP contribution in [-0.2, 0) is 7.05 Å². The van der Waals surface area contributed by atoms with Gasteiger partial charge in [0.2, 0.25) is 5.52 Å². The summed E-state index contributed by atoms with van der Waals surface area (Å²) in [4.78, 5) is 0. The molecule has 0 atom stereocenters. The lowest BCUT2D eigenvalue weighted by atomic mass is 10.2. The number of nitrogens with zero attached hydrogens (tertiary/aromatic N) is 1. The number of nitrogen functional groups attached to an aromatic ring is 1. The highest BCUT2D eigenvalue weighted by Gasteiger charge is 2.04. The Labute approximate surface area is 71.2 Å². The van der Waals surface area contributed by atoms with Crippen molar-refractivity contribution in [3.05, 3.63) is 36.5 Å². The van der Waals surface area contributed by atoms with E-state index in [0.717, 1.165) is 16.6 Å². The van der Waals surface area contributed by atoms with Gasteiger partial charge in [-0.1, -0.05) is 12.1 Å². The summed E-state index contributed by atoms with van der Waals surface area (Å²) in [5.41, 5.74) is 7.81. The molecule has 1 aromatic carbocycles. The molecule has 2 nitrogen and oxygen atoms in total. The highest BCUT2D eigenvalue weighted by atomic mass is 14.9. The number of fused-ring (bicyclic) bond motifs is 1. The third kappa shape index (κ3) is 0.925. The van der Waals surface area contributed by atoms with Gasteiger partial charge >= 0.3 is 0 Å². The van der Waals surface area contributed by atoms with Gasteiger partial charge in [-0.25, -0.2) is 4.57 Å². The minimum Gasteiger partial charge on any atom is -0.398 e. The van der Waals surface area contributed by atoms with Crippen LogP contribution in [0.15, 0.2) is 36.5 Å². The van der Waals surface area contributed by atoms with Crippen LogP contribution in [0.5, 0.6) is 0 Å². The van der Waals surface area contributed by atoms with Crippen molar-refractivity contribution in [2.24, 2.45) is 7.05 Å². The zero-order valence-electron chi connectivity index (χ0n) is 6.99. The maximum atomic E-state index is 5.81. The molecule has 0 saturated carbocycles. The molecule has 12 heavy (non-hydrogen) atoms. The molecule has 2 rings (SSSR count). The first-order chi connectivity index (χ1) is 5.79. The summed E-state index contributed by atoms with van der Waals surface area (Å²) in [6, 6.07) is 10.0. The number of benzene rings is 1. The smallest absolute Gasteiger partial charge is 0.214 e. The van der Waals surface area contributed by atoms with Gasteiger partial charge in [0.1, 0.15) is 7.05 Å². The van der Waals surface area contributed by atoms with E-state index >= 15 is 0 Å². The maximum absolute atomic E-state index is 5.81. The second-order valence-electron chi connectivity index (χ2n) is 2.90. The molecule has 2 N–H and O–H groups in total. The van der Waals surface area contributed by atoms with Crippen LogP contribution >= 0.6 is 0 Å². The molecular formula is C10H11N2+. The molecule has 0 spiro atoms. The monoisotopic (exact) mass is 159 g/mol. The van der Waals surface area contributed by atoms with Crippen molar-refractivity contribution in [1.29, 1.82) is 0 Å². The van der Waals surface area contributed by atoms with E-state index in [1.165, 1.54) is 0 Å². The van der Waals surface area contributed by atoms with E-state index in [-0.39, 0.29) is 0 Å². The van der Waals surface area contributed by atoms with Crippen LogP contribution in [0.2, 0.25) is 0 Å². The lowest BCUT2D eigenvalue weighted by Crippen LogP contribution is -2.28. The van der Waals surface area contributed by atoms with Gasteiger partial charge in [-0.2, -0.15) is 0 Å². The Bertz CT molecular complexity index is 381. The van der Waals surface area contributed by atoms with Gasteiger partial charge in [0.05, 0.1) is 11.1 Å². The predicted octanol–water partition coefficient (Wildman–Crippen LogP) is 1.25. The second-order valence-corrected chi connectivity index (χ2v) is 2.90. The van der Waals surface area contributed by atoms with Gasteiger partial charge < -0.3 is 5.73 Å². The summed E-state index contributed by atoms with van der Waals surface area (Å²) >= 11 is 0. The van der Waals surface area contributed by atoms with Gasteiger partial charge in [0, 0.05) is 12.1 Å². The Morgan fingerprint density at radius 3 is 2.67 bits per heavy atom. The van der Waals surface area contributed by atoms with E-state index in [9.17, 15) is 0 Å². The molecule has 0 radical (unpaired) electrons. The van der Waals surface area contributed by atoms with Gasteiger partial charge in [0.15, 0.2) is 6.20 Å². The first-order valence-electron chi connectivity index (χ1n) is 3.92. The van der Waals surface area contributed by atoms with Crippen molar-refractivity contribution in [1.82, 2.24) is 0 Å². The first kappa shape index (κ1) is 7.10. The molecule has 1 heterocycles. The van der Waals surface area contributed by atoms with Crippen molar-refractivity contribution in [2.75, 3.05) is 5.73 Å². The molecule has 0 fully saturated rings. The average Bonchev–Trinajstić information content (AvgIpc) is 2.12. The maximum Gasteiger partial charge on any atom is 0.214 e. The van der Waals surface area contributed by atoms with E-state index in [4.69, 9.17) is 5.73 Å². The number of pyridine rings is 1. The summed E-state index contributed by atoms with van der Waals surface area (Å²) in [7, 11) is 2.02. The lowest BCUT2D eigenvalue weighted by Gasteiger charge is -1.98. The van der Waals surface area contributed by atoms with Gasteiger partial charge in [-0.05, 0) is 6.07 Å². The van der Waals surface area contributed by atoms with Crippen molar-refractivity contribution in [3.63, 3.8) is 0 Å². The van der Waals surface area contributed by atoms with E-state index in [2.05, 4.69) is 10.6 Å². The van der Waals surface area contributed by atoms with Gasteiger partial charge in [-0.3, -0.25) is 0 Å². The number of hydrogen-bond acceptors (Lipinski definition) is 1. The van der Waals surface area contributed by atoms with Crippen LogP contribution in [0.3, 0.4) is 0 Å². The molecule has 60 valence electrons. The standard InChI is InChI=1S/C10H10N2/c1-12-7-6-9(11)8-4-2-3-5-10(8)12/h2-7,11H,1H3/p+1. The Balaban J connectivity index is 2.95. The van der Waals surface area contributed by atoms with E-state index in [1.807, 2.05) is 37.5 Å². The van der Waals surface area contributed by atoms with E-state index < -0.39 is 0 Å². The zero-order chi connectivity index (χ0) is 8.55. The third-order valence-corrected chi connectivity index (χ3v) is 2.07. The third-order valence-electron chi connectivity index (χ3n) is 2.07. The molecule has 0 aliphatic rings. The van der Waals surface area contributed by atoms with Gasteiger partial charge in [0.25, 0.3) is 0 Å². The summed E-state index contributed by atoms with van der Waals surface area (Å²) < 4.78 is 2.06. The fourth-order valence-electron chi connectivity index (χ4n) is 1.39. The van der Waals surface area contributed by atoms with E-state index in [1.54, 1.807) is 0 Å². The van der Waals surface area contributed by atoms with Crippen LogP contribution in [0.1, 0.15) is 0 Å². The number of nitrogens with two attached hydrogens (primary N) is 1. The molecule has 0 amide bonds. The normalized spacial score (nSPS) is 10.4. The SMILES string of the molecule is C[n+]1ccc(N)c2ccccc21. The number of anilines is 1. The second kappa shape index (κ2) is 2.48.